The van der Waals surface area contributed by atoms with Gasteiger partial charge in [0.2, 0.25) is 5.78 Å². The molecule has 0 aliphatic carbocycles. The number of rotatable bonds is 2. The Morgan fingerprint density at radius 1 is 0.913 bits per heavy atom. The maximum atomic E-state index is 13.0. The van der Waals surface area contributed by atoms with Gasteiger partial charge in [0.1, 0.15) is 5.69 Å². The Kier molecular flexibility index (Phi) is 3.74. The molecule has 1 amide bonds. The molecule has 23 heavy (non-hydrogen) atoms. The number of aryl methyl sites for hydroxylation is 1. The van der Waals surface area contributed by atoms with Crippen LogP contribution in [0.3, 0.4) is 0 Å². The third kappa shape index (κ3) is 2.42. The average molecular weight is 306 g/mol. The van der Waals surface area contributed by atoms with Crippen molar-refractivity contribution in [1.29, 1.82) is 0 Å². The van der Waals surface area contributed by atoms with Crippen LogP contribution in [0, 0.1) is 6.92 Å². The Hall–Kier alpha value is -2.88. The first-order valence-electron chi connectivity index (χ1n) is 7.44. The average Bonchev–Trinajstić information content (AvgIpc) is 2.87. The summed E-state index contributed by atoms with van der Waals surface area (Å²) in [4.78, 5) is 27.1. The van der Waals surface area contributed by atoms with Crippen LogP contribution in [0.4, 0.5) is 4.79 Å². The summed E-state index contributed by atoms with van der Waals surface area (Å²) < 4.78 is 1.51. The van der Waals surface area contributed by atoms with E-state index in [2.05, 4.69) is 0 Å². The molecule has 2 aromatic carbocycles. The molecular formula is C19H18N2O2. The van der Waals surface area contributed by atoms with Crippen molar-refractivity contribution in [2.24, 2.45) is 0 Å². The lowest BCUT2D eigenvalue weighted by Gasteiger charge is -2.15. The summed E-state index contributed by atoms with van der Waals surface area (Å²) in [5.74, 6) is -0.144. The van der Waals surface area contributed by atoms with Gasteiger partial charge in [-0.1, -0.05) is 48.5 Å². The summed E-state index contributed by atoms with van der Waals surface area (Å²) >= 11 is 0. The van der Waals surface area contributed by atoms with Crippen molar-refractivity contribution in [1.82, 2.24) is 9.47 Å². The summed E-state index contributed by atoms with van der Waals surface area (Å²) in [6.07, 6.45) is 0. The lowest BCUT2D eigenvalue weighted by molar-refractivity contribution is 0.103. The van der Waals surface area contributed by atoms with Crippen molar-refractivity contribution < 1.29 is 9.59 Å². The van der Waals surface area contributed by atoms with Gasteiger partial charge in [-0.15, -0.1) is 0 Å². The van der Waals surface area contributed by atoms with Crippen LogP contribution in [0.25, 0.3) is 10.9 Å². The second-order valence-corrected chi connectivity index (χ2v) is 5.70. The molecule has 1 aromatic heterocycles. The van der Waals surface area contributed by atoms with Gasteiger partial charge in [0.15, 0.2) is 0 Å². The molecular weight excluding hydrogens is 288 g/mol. The molecule has 3 aromatic rings. The van der Waals surface area contributed by atoms with Gasteiger partial charge in [-0.25, -0.2) is 4.79 Å². The molecule has 3 rings (SSSR count). The minimum Gasteiger partial charge on any atom is -0.330 e. The number of hydrogen-bond donors (Lipinski definition) is 0. The molecule has 0 bridgehead atoms. The third-order valence-electron chi connectivity index (χ3n) is 3.95. The lowest BCUT2D eigenvalue weighted by Crippen LogP contribution is -2.30. The zero-order valence-corrected chi connectivity index (χ0v) is 13.4. The SMILES string of the molecule is Cc1c(C(=O)c2ccccc2)n(C(=O)N(C)C)c2ccccc12. The second-order valence-electron chi connectivity index (χ2n) is 5.70. The van der Waals surface area contributed by atoms with Gasteiger partial charge in [0.25, 0.3) is 0 Å². The topological polar surface area (TPSA) is 42.3 Å². The fourth-order valence-corrected chi connectivity index (χ4v) is 2.80. The van der Waals surface area contributed by atoms with Crippen LogP contribution in [0.1, 0.15) is 21.6 Å². The Labute approximate surface area is 134 Å². The molecule has 0 N–H and O–H groups in total. The molecule has 4 heteroatoms. The zero-order chi connectivity index (χ0) is 16.6. The number of aromatic nitrogens is 1. The van der Waals surface area contributed by atoms with E-state index in [0.29, 0.717) is 11.3 Å². The molecule has 0 saturated carbocycles. The van der Waals surface area contributed by atoms with E-state index >= 15 is 0 Å². The molecule has 0 atom stereocenters. The minimum absolute atomic E-state index is 0.144. The van der Waals surface area contributed by atoms with E-state index in [1.807, 2.05) is 49.4 Å². The molecule has 0 fully saturated rings. The van der Waals surface area contributed by atoms with E-state index in [0.717, 1.165) is 16.5 Å². The number of fused-ring (bicyclic) bond motifs is 1. The molecule has 0 unspecified atom stereocenters. The van der Waals surface area contributed by atoms with Gasteiger partial charge < -0.3 is 4.90 Å². The Bertz CT molecular complexity index is 892. The lowest BCUT2D eigenvalue weighted by atomic mass is 10.0. The van der Waals surface area contributed by atoms with Gasteiger partial charge in [0, 0.05) is 25.0 Å². The van der Waals surface area contributed by atoms with Crippen LogP contribution in [0.2, 0.25) is 0 Å². The smallest absolute Gasteiger partial charge is 0.328 e. The van der Waals surface area contributed by atoms with Crippen molar-refractivity contribution >= 4 is 22.7 Å². The van der Waals surface area contributed by atoms with E-state index in [9.17, 15) is 9.59 Å². The van der Waals surface area contributed by atoms with Crippen molar-refractivity contribution in [3.05, 3.63) is 71.4 Å². The number of nitrogens with zero attached hydrogens (tertiary/aromatic N) is 2. The number of carbonyl (C=O) groups is 2. The van der Waals surface area contributed by atoms with Crippen LogP contribution in [0.5, 0.6) is 0 Å². The Morgan fingerprint density at radius 3 is 2.17 bits per heavy atom. The summed E-state index contributed by atoms with van der Waals surface area (Å²) in [5.41, 5.74) is 2.58. The van der Waals surface area contributed by atoms with Crippen LogP contribution in [-0.2, 0) is 0 Å². The van der Waals surface area contributed by atoms with Crippen LogP contribution in [-0.4, -0.2) is 35.4 Å². The number of para-hydroxylation sites is 1. The number of carbonyl (C=O) groups excluding carboxylic acids is 2. The number of ketones is 1. The maximum Gasteiger partial charge on any atom is 0.328 e. The Morgan fingerprint density at radius 2 is 1.52 bits per heavy atom. The van der Waals surface area contributed by atoms with E-state index in [-0.39, 0.29) is 11.8 Å². The highest BCUT2D eigenvalue weighted by molar-refractivity contribution is 6.14. The number of hydrogen-bond acceptors (Lipinski definition) is 2. The Balaban J connectivity index is 2.31. The standard InChI is InChI=1S/C19H18N2O2/c1-13-15-11-7-8-12-16(15)21(19(23)20(2)3)17(13)18(22)14-9-5-4-6-10-14/h4-12H,1-3H3. The van der Waals surface area contributed by atoms with Crippen molar-refractivity contribution in [2.45, 2.75) is 6.92 Å². The first-order chi connectivity index (χ1) is 11.0. The van der Waals surface area contributed by atoms with Crippen LogP contribution >= 0.6 is 0 Å². The summed E-state index contributed by atoms with van der Waals surface area (Å²) in [7, 11) is 3.37. The third-order valence-corrected chi connectivity index (χ3v) is 3.95. The predicted molar refractivity (Wildman–Crippen MR) is 91.0 cm³/mol. The highest BCUT2D eigenvalue weighted by atomic mass is 16.2. The van der Waals surface area contributed by atoms with Gasteiger partial charge in [-0.2, -0.15) is 0 Å². The molecule has 116 valence electrons. The summed E-state index contributed by atoms with van der Waals surface area (Å²) in [6.45, 7) is 1.89. The van der Waals surface area contributed by atoms with Crippen LogP contribution < -0.4 is 0 Å². The highest BCUT2D eigenvalue weighted by Gasteiger charge is 2.25. The maximum absolute atomic E-state index is 13.0. The summed E-state index contributed by atoms with van der Waals surface area (Å²) in [6, 6.07) is 16.4. The molecule has 0 aliphatic heterocycles. The quantitative estimate of drug-likeness (QED) is 0.677. The predicted octanol–water partition coefficient (Wildman–Crippen LogP) is 3.71. The van der Waals surface area contributed by atoms with Crippen molar-refractivity contribution in [2.75, 3.05) is 14.1 Å². The highest BCUT2D eigenvalue weighted by Crippen LogP contribution is 2.27. The van der Waals surface area contributed by atoms with E-state index < -0.39 is 0 Å². The first-order valence-corrected chi connectivity index (χ1v) is 7.44. The largest absolute Gasteiger partial charge is 0.330 e. The van der Waals surface area contributed by atoms with Crippen molar-refractivity contribution in [3.63, 3.8) is 0 Å². The van der Waals surface area contributed by atoms with Crippen LogP contribution in [0.15, 0.2) is 54.6 Å². The van der Waals surface area contributed by atoms with Crippen molar-refractivity contribution in [3.8, 4) is 0 Å². The van der Waals surface area contributed by atoms with Gasteiger partial charge in [0.05, 0.1) is 5.52 Å². The van der Waals surface area contributed by atoms with E-state index in [1.54, 1.807) is 26.2 Å². The monoisotopic (exact) mass is 306 g/mol. The van der Waals surface area contributed by atoms with E-state index in [4.69, 9.17) is 0 Å². The molecule has 0 aliphatic rings. The van der Waals surface area contributed by atoms with Gasteiger partial charge >= 0.3 is 6.03 Å². The minimum atomic E-state index is -0.228. The van der Waals surface area contributed by atoms with Gasteiger partial charge in [-0.05, 0) is 18.6 Å². The van der Waals surface area contributed by atoms with Gasteiger partial charge in [-0.3, -0.25) is 9.36 Å². The molecule has 1 heterocycles. The molecule has 0 saturated heterocycles. The number of amides is 1. The zero-order valence-electron chi connectivity index (χ0n) is 13.4. The van der Waals surface area contributed by atoms with E-state index in [1.165, 1.54) is 9.47 Å². The first kappa shape index (κ1) is 15.0. The fourth-order valence-electron chi connectivity index (χ4n) is 2.80. The fraction of sp³-hybridized carbons (Fsp3) is 0.158. The molecule has 0 radical (unpaired) electrons. The molecule has 0 spiro atoms. The molecule has 4 nitrogen and oxygen atoms in total. The normalized spacial score (nSPS) is 10.7. The summed E-state index contributed by atoms with van der Waals surface area (Å²) in [5, 5.41) is 0.919. The number of benzene rings is 2. The second kappa shape index (κ2) is 5.72.